The number of benzene rings is 2. The number of carbonyl (C=O) groups excluding carboxylic acids is 1. The Morgan fingerprint density at radius 1 is 1.17 bits per heavy atom. The fourth-order valence-electron chi connectivity index (χ4n) is 3.40. The lowest BCUT2D eigenvalue weighted by atomic mass is 10.1. The van der Waals surface area contributed by atoms with Gasteiger partial charge in [0.25, 0.3) is 0 Å². The predicted molar refractivity (Wildman–Crippen MR) is 111 cm³/mol. The van der Waals surface area contributed by atoms with Crippen LogP contribution in [0.25, 0.3) is 11.4 Å². The van der Waals surface area contributed by atoms with Crippen LogP contribution in [0.1, 0.15) is 24.3 Å². The Hall–Kier alpha value is -3.04. The normalized spacial score (nSPS) is 14.6. The summed E-state index contributed by atoms with van der Waals surface area (Å²) >= 11 is 0. The molecule has 1 aromatic heterocycles. The number of rotatable bonds is 6. The molecule has 1 aliphatic heterocycles. The number of hydrogen-bond acceptors (Lipinski definition) is 6. The van der Waals surface area contributed by atoms with Crippen LogP contribution < -0.4 is 4.90 Å². The van der Waals surface area contributed by atoms with Crippen LogP contribution in [0.15, 0.2) is 57.9 Å². The van der Waals surface area contributed by atoms with E-state index in [0.717, 1.165) is 21.9 Å². The van der Waals surface area contributed by atoms with E-state index in [1.54, 1.807) is 17.0 Å². The van der Waals surface area contributed by atoms with Gasteiger partial charge in [0, 0.05) is 31.3 Å². The van der Waals surface area contributed by atoms with Crippen LogP contribution in [0.2, 0.25) is 0 Å². The summed E-state index contributed by atoms with van der Waals surface area (Å²) in [6, 6.07) is 14.0. The van der Waals surface area contributed by atoms with Crippen LogP contribution in [0.3, 0.4) is 0 Å². The van der Waals surface area contributed by atoms with E-state index >= 15 is 0 Å². The van der Waals surface area contributed by atoms with E-state index in [1.165, 1.54) is 19.2 Å². The second-order valence-electron chi connectivity index (χ2n) is 7.29. The first-order chi connectivity index (χ1) is 14.3. The van der Waals surface area contributed by atoms with Gasteiger partial charge in [-0.3, -0.25) is 4.79 Å². The van der Waals surface area contributed by atoms with Crippen molar-refractivity contribution in [2.24, 2.45) is 0 Å². The molecule has 4 rings (SSSR count). The predicted octanol–water partition coefficient (Wildman–Crippen LogP) is 2.99. The smallest absolute Gasteiger partial charge is 0.243 e. The summed E-state index contributed by atoms with van der Waals surface area (Å²) in [5, 5.41) is 3.95. The molecule has 0 atom stereocenters. The van der Waals surface area contributed by atoms with Crippen molar-refractivity contribution < 1.29 is 17.7 Å². The minimum atomic E-state index is -3.75. The molecule has 9 heteroatoms. The summed E-state index contributed by atoms with van der Waals surface area (Å²) in [6.45, 7) is 2.58. The Kier molecular flexibility index (Phi) is 5.40. The Balaban J connectivity index is 1.49. The molecule has 2 heterocycles. The van der Waals surface area contributed by atoms with E-state index in [-0.39, 0.29) is 23.2 Å². The molecule has 30 heavy (non-hydrogen) atoms. The van der Waals surface area contributed by atoms with E-state index in [2.05, 4.69) is 10.1 Å². The van der Waals surface area contributed by atoms with Crippen molar-refractivity contribution in [2.75, 3.05) is 18.5 Å². The van der Waals surface area contributed by atoms with Crippen LogP contribution >= 0.6 is 0 Å². The Bertz CT molecular complexity index is 1170. The molecule has 0 saturated carbocycles. The summed E-state index contributed by atoms with van der Waals surface area (Å²) in [7, 11) is -2.29. The average molecular weight is 426 g/mol. The quantitative estimate of drug-likeness (QED) is 0.601. The van der Waals surface area contributed by atoms with E-state index < -0.39 is 10.0 Å². The molecule has 1 fully saturated rings. The summed E-state index contributed by atoms with van der Waals surface area (Å²) in [6.07, 6.45) is 1.34. The Morgan fingerprint density at radius 2 is 1.93 bits per heavy atom. The SMILES string of the molecule is Cc1cccc(-c2noc(CN(C)S(=O)(=O)c3ccc(N4CCCC4=O)cc3)n2)c1. The molecule has 2 aromatic carbocycles. The fraction of sp³-hybridized carbons (Fsp3) is 0.286. The topological polar surface area (TPSA) is 96.6 Å². The van der Waals surface area contributed by atoms with Gasteiger partial charge in [-0.25, -0.2) is 8.42 Å². The summed E-state index contributed by atoms with van der Waals surface area (Å²) < 4.78 is 32.2. The molecule has 156 valence electrons. The third-order valence-electron chi connectivity index (χ3n) is 5.03. The van der Waals surface area contributed by atoms with Crippen LogP contribution in [-0.4, -0.2) is 42.4 Å². The van der Waals surface area contributed by atoms with E-state index in [4.69, 9.17) is 4.52 Å². The minimum absolute atomic E-state index is 0.0481. The first kappa shape index (κ1) is 20.2. The summed E-state index contributed by atoms with van der Waals surface area (Å²) in [4.78, 5) is 18.0. The maximum atomic E-state index is 12.9. The summed E-state index contributed by atoms with van der Waals surface area (Å²) in [5.41, 5.74) is 2.58. The second kappa shape index (κ2) is 8.00. The Morgan fingerprint density at radius 3 is 2.60 bits per heavy atom. The molecule has 1 amide bonds. The number of anilines is 1. The number of hydrogen-bond donors (Lipinski definition) is 0. The third-order valence-corrected chi connectivity index (χ3v) is 6.85. The van der Waals surface area contributed by atoms with E-state index in [1.807, 2.05) is 31.2 Å². The fourth-order valence-corrected chi connectivity index (χ4v) is 4.52. The minimum Gasteiger partial charge on any atom is -0.338 e. The number of amides is 1. The molecule has 1 aliphatic rings. The lowest BCUT2D eigenvalue weighted by Gasteiger charge is -2.18. The standard InChI is InChI=1S/C21H22N4O4S/c1-15-5-3-6-16(13-15)21-22-19(29-23-21)14-24(2)30(27,28)18-10-8-17(9-11-18)25-12-4-7-20(25)26/h3,5-6,8-11,13H,4,7,12,14H2,1-2H3. The van der Waals surface area contributed by atoms with Crippen LogP contribution in [0.5, 0.6) is 0 Å². The molecule has 0 aliphatic carbocycles. The lowest BCUT2D eigenvalue weighted by Crippen LogP contribution is -2.27. The first-order valence-electron chi connectivity index (χ1n) is 9.61. The average Bonchev–Trinajstić information content (AvgIpc) is 3.37. The molecule has 0 bridgehead atoms. The largest absolute Gasteiger partial charge is 0.338 e. The summed E-state index contributed by atoms with van der Waals surface area (Å²) in [5.74, 6) is 0.680. The second-order valence-corrected chi connectivity index (χ2v) is 9.33. The van der Waals surface area contributed by atoms with Crippen molar-refractivity contribution in [3.63, 3.8) is 0 Å². The number of aryl methyl sites for hydroxylation is 1. The number of sulfonamides is 1. The van der Waals surface area contributed by atoms with Crippen molar-refractivity contribution >= 4 is 21.6 Å². The van der Waals surface area contributed by atoms with Gasteiger partial charge >= 0.3 is 0 Å². The maximum absolute atomic E-state index is 12.9. The molecule has 0 spiro atoms. The van der Waals surface area contributed by atoms with Crippen molar-refractivity contribution in [1.29, 1.82) is 0 Å². The highest BCUT2D eigenvalue weighted by Crippen LogP contribution is 2.25. The van der Waals surface area contributed by atoms with Gasteiger partial charge in [0.15, 0.2) is 0 Å². The van der Waals surface area contributed by atoms with Gasteiger partial charge in [0.1, 0.15) is 0 Å². The molecule has 3 aromatic rings. The van der Waals surface area contributed by atoms with Crippen molar-refractivity contribution in [3.8, 4) is 11.4 Å². The first-order valence-corrected chi connectivity index (χ1v) is 11.0. The van der Waals surface area contributed by atoms with Crippen LogP contribution in [0, 0.1) is 6.92 Å². The van der Waals surface area contributed by atoms with Crippen molar-refractivity contribution in [2.45, 2.75) is 31.2 Å². The molecular weight excluding hydrogens is 404 g/mol. The molecular formula is C21H22N4O4S. The van der Waals surface area contributed by atoms with Gasteiger partial charge in [-0.15, -0.1) is 0 Å². The van der Waals surface area contributed by atoms with Gasteiger partial charge < -0.3 is 9.42 Å². The number of aromatic nitrogens is 2. The molecule has 1 saturated heterocycles. The molecule has 0 unspecified atom stereocenters. The van der Waals surface area contributed by atoms with Crippen molar-refractivity contribution in [3.05, 3.63) is 60.0 Å². The van der Waals surface area contributed by atoms with E-state index in [0.29, 0.717) is 24.5 Å². The van der Waals surface area contributed by atoms with Crippen LogP contribution in [-0.2, 0) is 21.4 Å². The zero-order valence-electron chi connectivity index (χ0n) is 16.8. The van der Waals surface area contributed by atoms with E-state index in [9.17, 15) is 13.2 Å². The zero-order chi connectivity index (χ0) is 21.3. The lowest BCUT2D eigenvalue weighted by molar-refractivity contribution is -0.117. The monoisotopic (exact) mass is 426 g/mol. The van der Waals surface area contributed by atoms with Gasteiger partial charge in [-0.05, 0) is 43.7 Å². The molecule has 0 N–H and O–H groups in total. The highest BCUT2D eigenvalue weighted by atomic mass is 32.2. The van der Waals surface area contributed by atoms with Gasteiger partial charge in [0.2, 0.25) is 27.6 Å². The van der Waals surface area contributed by atoms with Gasteiger partial charge in [0.05, 0.1) is 11.4 Å². The van der Waals surface area contributed by atoms with Gasteiger partial charge in [-0.1, -0.05) is 28.9 Å². The highest BCUT2D eigenvalue weighted by molar-refractivity contribution is 7.89. The Labute approximate surface area is 175 Å². The molecule has 0 radical (unpaired) electrons. The number of carbonyl (C=O) groups is 1. The third kappa shape index (κ3) is 3.99. The zero-order valence-corrected chi connectivity index (χ0v) is 17.6. The maximum Gasteiger partial charge on any atom is 0.243 e. The highest BCUT2D eigenvalue weighted by Gasteiger charge is 2.25. The molecule has 8 nitrogen and oxygen atoms in total. The van der Waals surface area contributed by atoms with Crippen molar-refractivity contribution in [1.82, 2.24) is 14.4 Å². The van der Waals surface area contributed by atoms with Crippen LogP contribution in [0.4, 0.5) is 5.69 Å². The van der Waals surface area contributed by atoms with Gasteiger partial charge in [-0.2, -0.15) is 9.29 Å². The number of nitrogens with zero attached hydrogens (tertiary/aromatic N) is 4.